The topological polar surface area (TPSA) is 86.5 Å². The number of amides is 1. The quantitative estimate of drug-likeness (QED) is 0.804. The van der Waals surface area contributed by atoms with Crippen molar-refractivity contribution in [2.75, 3.05) is 31.1 Å². The smallest absolute Gasteiger partial charge is 0.266 e. The van der Waals surface area contributed by atoms with E-state index in [1.807, 2.05) is 9.80 Å². The van der Waals surface area contributed by atoms with E-state index in [9.17, 15) is 10.1 Å². The van der Waals surface area contributed by atoms with Gasteiger partial charge in [-0.3, -0.25) is 4.79 Å². The van der Waals surface area contributed by atoms with E-state index in [0.29, 0.717) is 50.1 Å². The fourth-order valence-electron chi connectivity index (χ4n) is 4.05. The average Bonchev–Trinajstić information content (AvgIpc) is 3.47. The average molecular weight is 368 g/mol. The number of furan rings is 1. The van der Waals surface area contributed by atoms with Gasteiger partial charge in [-0.1, -0.05) is 25.7 Å². The molecule has 1 aliphatic carbocycles. The summed E-state index contributed by atoms with van der Waals surface area (Å²) in [6, 6.07) is 5.59. The van der Waals surface area contributed by atoms with Gasteiger partial charge < -0.3 is 18.6 Å². The molecule has 2 aromatic heterocycles. The SMILES string of the molecule is N#Cc1nc(-c2ccco2)oc1N1CCN(C(=O)CCC2CCCC2)CC1. The van der Waals surface area contributed by atoms with Crippen molar-refractivity contribution in [2.24, 2.45) is 5.92 Å². The summed E-state index contributed by atoms with van der Waals surface area (Å²) >= 11 is 0. The summed E-state index contributed by atoms with van der Waals surface area (Å²) in [7, 11) is 0. The standard InChI is InChI=1S/C20H24N4O3/c21-14-16-20(27-19(22-16)17-6-3-13-26-17)24-11-9-23(10-12-24)18(25)8-7-15-4-1-2-5-15/h3,6,13,15H,1-2,4-5,7-12H2. The molecular weight excluding hydrogens is 344 g/mol. The molecule has 7 heteroatoms. The minimum atomic E-state index is 0.246. The summed E-state index contributed by atoms with van der Waals surface area (Å²) in [5.41, 5.74) is 0.252. The Morgan fingerprint density at radius 1 is 1.26 bits per heavy atom. The van der Waals surface area contributed by atoms with E-state index in [-0.39, 0.29) is 11.6 Å². The van der Waals surface area contributed by atoms with Crippen molar-refractivity contribution < 1.29 is 13.6 Å². The van der Waals surface area contributed by atoms with Gasteiger partial charge in [0, 0.05) is 32.6 Å². The number of anilines is 1. The number of carbonyl (C=O) groups is 1. The van der Waals surface area contributed by atoms with Crippen molar-refractivity contribution in [3.8, 4) is 17.7 Å². The second kappa shape index (κ2) is 7.87. The van der Waals surface area contributed by atoms with E-state index < -0.39 is 0 Å². The van der Waals surface area contributed by atoms with Gasteiger partial charge in [-0.2, -0.15) is 10.2 Å². The second-order valence-corrected chi connectivity index (χ2v) is 7.32. The molecule has 0 bridgehead atoms. The second-order valence-electron chi connectivity index (χ2n) is 7.32. The number of hydrogen-bond donors (Lipinski definition) is 0. The summed E-state index contributed by atoms with van der Waals surface area (Å²) in [6.07, 6.45) is 8.40. The molecule has 0 unspecified atom stereocenters. The Labute approximate surface area is 158 Å². The zero-order valence-electron chi connectivity index (χ0n) is 15.4. The molecule has 2 aliphatic rings. The maximum absolute atomic E-state index is 12.5. The first kappa shape index (κ1) is 17.7. The monoisotopic (exact) mass is 368 g/mol. The first-order valence-electron chi connectivity index (χ1n) is 9.72. The van der Waals surface area contributed by atoms with E-state index in [1.165, 1.54) is 25.7 Å². The van der Waals surface area contributed by atoms with Crippen molar-refractivity contribution in [2.45, 2.75) is 38.5 Å². The lowest BCUT2D eigenvalue weighted by Gasteiger charge is -2.34. The molecule has 1 saturated carbocycles. The molecule has 27 heavy (non-hydrogen) atoms. The molecule has 1 saturated heterocycles. The molecule has 2 fully saturated rings. The molecule has 0 N–H and O–H groups in total. The third kappa shape index (κ3) is 3.85. The van der Waals surface area contributed by atoms with E-state index in [4.69, 9.17) is 8.83 Å². The van der Waals surface area contributed by atoms with Crippen LogP contribution in [0.1, 0.15) is 44.2 Å². The van der Waals surface area contributed by atoms with Crippen LogP contribution in [-0.2, 0) is 4.79 Å². The molecule has 7 nitrogen and oxygen atoms in total. The third-order valence-corrected chi connectivity index (χ3v) is 5.61. The Morgan fingerprint density at radius 2 is 2.04 bits per heavy atom. The number of rotatable bonds is 5. The van der Waals surface area contributed by atoms with Gasteiger partial charge in [0.05, 0.1) is 6.26 Å². The zero-order chi connectivity index (χ0) is 18.6. The molecule has 0 radical (unpaired) electrons. The summed E-state index contributed by atoms with van der Waals surface area (Å²) in [5, 5.41) is 9.38. The van der Waals surface area contributed by atoms with Crippen LogP contribution in [0.2, 0.25) is 0 Å². The van der Waals surface area contributed by atoms with Crippen molar-refractivity contribution in [1.82, 2.24) is 9.88 Å². The molecule has 0 aromatic carbocycles. The van der Waals surface area contributed by atoms with Crippen LogP contribution in [0.3, 0.4) is 0 Å². The summed E-state index contributed by atoms with van der Waals surface area (Å²) < 4.78 is 11.1. The molecule has 2 aromatic rings. The number of oxazole rings is 1. The third-order valence-electron chi connectivity index (χ3n) is 5.61. The highest BCUT2D eigenvalue weighted by molar-refractivity contribution is 5.76. The highest BCUT2D eigenvalue weighted by atomic mass is 16.4. The van der Waals surface area contributed by atoms with Crippen molar-refractivity contribution in [3.63, 3.8) is 0 Å². The Kier molecular flexibility index (Phi) is 5.14. The Morgan fingerprint density at radius 3 is 2.70 bits per heavy atom. The van der Waals surface area contributed by atoms with Gasteiger partial charge in [0.1, 0.15) is 6.07 Å². The number of hydrogen-bond acceptors (Lipinski definition) is 6. The van der Waals surface area contributed by atoms with Gasteiger partial charge in [0.25, 0.3) is 5.89 Å². The van der Waals surface area contributed by atoms with Gasteiger partial charge in [0.15, 0.2) is 5.76 Å². The van der Waals surface area contributed by atoms with Crippen LogP contribution < -0.4 is 4.90 Å². The largest absolute Gasteiger partial charge is 0.459 e. The highest BCUT2D eigenvalue weighted by Gasteiger charge is 2.27. The Hall–Kier alpha value is -2.75. The van der Waals surface area contributed by atoms with E-state index in [2.05, 4.69) is 11.1 Å². The number of aromatic nitrogens is 1. The van der Waals surface area contributed by atoms with Gasteiger partial charge in [-0.05, 0) is 24.5 Å². The Balaban J connectivity index is 1.35. The maximum Gasteiger partial charge on any atom is 0.266 e. The summed E-state index contributed by atoms with van der Waals surface area (Å²) in [6.45, 7) is 2.56. The number of nitriles is 1. The highest BCUT2D eigenvalue weighted by Crippen LogP contribution is 2.30. The van der Waals surface area contributed by atoms with E-state index in [1.54, 1.807) is 18.4 Å². The van der Waals surface area contributed by atoms with Crippen LogP contribution in [-0.4, -0.2) is 42.0 Å². The van der Waals surface area contributed by atoms with Crippen LogP contribution in [0.5, 0.6) is 0 Å². The fraction of sp³-hybridized carbons (Fsp3) is 0.550. The summed E-state index contributed by atoms with van der Waals surface area (Å²) in [5.74, 6) is 2.25. The molecule has 0 atom stereocenters. The summed E-state index contributed by atoms with van der Waals surface area (Å²) in [4.78, 5) is 20.6. The van der Waals surface area contributed by atoms with Crippen molar-refractivity contribution in [1.29, 1.82) is 5.26 Å². The Bertz CT molecular complexity index is 807. The molecule has 0 spiro atoms. The van der Waals surface area contributed by atoms with Gasteiger partial charge in [0.2, 0.25) is 17.5 Å². The maximum atomic E-state index is 12.5. The number of carbonyl (C=O) groups excluding carboxylic acids is 1. The van der Waals surface area contributed by atoms with E-state index in [0.717, 1.165) is 12.3 Å². The predicted molar refractivity (Wildman–Crippen MR) is 98.9 cm³/mol. The van der Waals surface area contributed by atoms with E-state index >= 15 is 0 Å². The lowest BCUT2D eigenvalue weighted by molar-refractivity contribution is -0.131. The minimum absolute atomic E-state index is 0.246. The zero-order valence-corrected chi connectivity index (χ0v) is 15.4. The van der Waals surface area contributed by atoms with Gasteiger partial charge in [-0.25, -0.2) is 0 Å². The minimum Gasteiger partial charge on any atom is -0.459 e. The predicted octanol–water partition coefficient (Wildman–Crippen LogP) is 3.43. The lowest BCUT2D eigenvalue weighted by atomic mass is 10.0. The number of nitrogens with zero attached hydrogens (tertiary/aromatic N) is 4. The first-order chi connectivity index (χ1) is 13.2. The fourth-order valence-corrected chi connectivity index (χ4v) is 4.05. The molecule has 1 amide bonds. The molecule has 142 valence electrons. The van der Waals surface area contributed by atoms with Crippen LogP contribution in [0.4, 0.5) is 5.88 Å². The van der Waals surface area contributed by atoms with Crippen LogP contribution in [0.15, 0.2) is 27.2 Å². The molecule has 3 heterocycles. The number of piperazine rings is 1. The van der Waals surface area contributed by atoms with Gasteiger partial charge in [-0.15, -0.1) is 0 Å². The van der Waals surface area contributed by atoms with Crippen LogP contribution in [0.25, 0.3) is 11.7 Å². The molecule has 1 aliphatic heterocycles. The molecule has 4 rings (SSSR count). The van der Waals surface area contributed by atoms with Crippen molar-refractivity contribution in [3.05, 3.63) is 24.1 Å². The molecular formula is C20H24N4O3. The van der Waals surface area contributed by atoms with Gasteiger partial charge >= 0.3 is 0 Å². The first-order valence-corrected chi connectivity index (χ1v) is 9.72. The van der Waals surface area contributed by atoms with Crippen LogP contribution >= 0.6 is 0 Å². The van der Waals surface area contributed by atoms with Crippen molar-refractivity contribution >= 4 is 11.8 Å². The lowest BCUT2D eigenvalue weighted by Crippen LogP contribution is -2.48. The van der Waals surface area contributed by atoms with Crippen LogP contribution in [0, 0.1) is 17.2 Å². The normalized spacial score (nSPS) is 18.0.